The summed E-state index contributed by atoms with van der Waals surface area (Å²) in [6.45, 7) is 2.91. The average Bonchev–Trinajstić information content (AvgIpc) is 2.03. The van der Waals surface area contributed by atoms with Crippen molar-refractivity contribution in [1.29, 1.82) is 0 Å². The summed E-state index contributed by atoms with van der Waals surface area (Å²) in [7, 11) is 0. The van der Waals surface area contributed by atoms with Gasteiger partial charge in [-0.2, -0.15) is 0 Å². The van der Waals surface area contributed by atoms with Gasteiger partial charge in [0.1, 0.15) is 0 Å². The number of nitrogens with zero attached hydrogens (tertiary/aromatic N) is 1. The molecule has 1 aliphatic rings. The number of hydrogen-bond donors (Lipinski definition) is 1. The van der Waals surface area contributed by atoms with Gasteiger partial charge < -0.3 is 5.73 Å². The number of piperidine rings is 1. The molecular formula is C8H16N2. The molecule has 0 amide bonds. The molecule has 2 N–H and O–H groups in total. The van der Waals surface area contributed by atoms with Crippen molar-refractivity contribution in [1.82, 2.24) is 5.32 Å². The summed E-state index contributed by atoms with van der Waals surface area (Å²) in [5.74, 6) is 0.734. The molecule has 1 saturated heterocycles. The van der Waals surface area contributed by atoms with E-state index >= 15 is 0 Å². The van der Waals surface area contributed by atoms with Gasteiger partial charge in [-0.05, 0) is 38.1 Å². The largest absolute Gasteiger partial charge is 0.330 e. The van der Waals surface area contributed by atoms with Crippen LogP contribution in [-0.2, 0) is 0 Å². The van der Waals surface area contributed by atoms with Gasteiger partial charge >= 0.3 is 0 Å². The molecule has 1 atom stereocenters. The van der Waals surface area contributed by atoms with Crippen molar-refractivity contribution in [2.75, 3.05) is 19.6 Å². The third-order valence-electron chi connectivity index (χ3n) is 1.93. The fraction of sp³-hybridized carbons (Fsp3) is 0.875. The monoisotopic (exact) mass is 140 g/mol. The van der Waals surface area contributed by atoms with Gasteiger partial charge in [0.2, 0.25) is 0 Å². The maximum Gasteiger partial charge on any atom is 0.0164 e. The Labute approximate surface area is 63.2 Å². The van der Waals surface area contributed by atoms with Crippen LogP contribution in [0, 0.1) is 12.3 Å². The van der Waals surface area contributed by atoms with Crippen LogP contribution in [0.2, 0.25) is 0 Å². The summed E-state index contributed by atoms with van der Waals surface area (Å²) in [5.41, 5.74) is 5.40. The first-order chi connectivity index (χ1) is 4.93. The predicted octanol–water partition coefficient (Wildman–Crippen LogP) is 0.554. The smallest absolute Gasteiger partial charge is 0.0164 e. The molecule has 58 valence electrons. The Morgan fingerprint density at radius 2 is 2.50 bits per heavy atom. The SMILES string of the molecule is NCCCC1[CH]CC[N]C1. The lowest BCUT2D eigenvalue weighted by atomic mass is 9.95. The normalized spacial score (nSPS) is 26.7. The summed E-state index contributed by atoms with van der Waals surface area (Å²) in [6.07, 6.45) is 5.95. The molecule has 2 heteroatoms. The molecule has 0 bridgehead atoms. The zero-order valence-electron chi connectivity index (χ0n) is 6.42. The summed E-state index contributed by atoms with van der Waals surface area (Å²) >= 11 is 0. The Hall–Kier alpha value is -0.0800. The minimum atomic E-state index is 0.734. The highest BCUT2D eigenvalue weighted by atomic mass is 14.9. The first-order valence-electron chi connectivity index (χ1n) is 4.10. The third kappa shape index (κ3) is 2.67. The Morgan fingerprint density at radius 1 is 1.60 bits per heavy atom. The Bertz CT molecular complexity index is 77.3. The molecule has 1 rings (SSSR count). The van der Waals surface area contributed by atoms with Crippen molar-refractivity contribution in [3.63, 3.8) is 0 Å². The molecular weight excluding hydrogens is 124 g/mol. The van der Waals surface area contributed by atoms with Crippen molar-refractivity contribution >= 4 is 0 Å². The molecule has 1 heterocycles. The molecule has 0 aliphatic carbocycles. The highest BCUT2D eigenvalue weighted by molar-refractivity contribution is 4.83. The number of nitrogens with two attached hydrogens (primary N) is 1. The first-order valence-corrected chi connectivity index (χ1v) is 4.10. The standard InChI is InChI=1S/C8H16N2/c9-5-1-3-8-4-2-6-10-7-8/h4,8H,1-3,5-7,9H2. The fourth-order valence-corrected chi connectivity index (χ4v) is 1.32. The van der Waals surface area contributed by atoms with E-state index in [2.05, 4.69) is 11.7 Å². The molecule has 1 unspecified atom stereocenters. The van der Waals surface area contributed by atoms with Crippen LogP contribution in [0.3, 0.4) is 0 Å². The molecule has 2 nitrogen and oxygen atoms in total. The first kappa shape index (κ1) is 8.02. The summed E-state index contributed by atoms with van der Waals surface area (Å²) in [5, 5.41) is 4.34. The van der Waals surface area contributed by atoms with E-state index < -0.39 is 0 Å². The topological polar surface area (TPSA) is 40.1 Å². The quantitative estimate of drug-likeness (QED) is 0.611. The maximum absolute atomic E-state index is 5.40. The molecule has 0 aromatic rings. The molecule has 0 spiro atoms. The Balaban J connectivity index is 2.02. The van der Waals surface area contributed by atoms with Gasteiger partial charge in [0.25, 0.3) is 0 Å². The summed E-state index contributed by atoms with van der Waals surface area (Å²) in [6, 6.07) is 0. The average molecular weight is 140 g/mol. The van der Waals surface area contributed by atoms with Gasteiger partial charge in [0.05, 0.1) is 0 Å². The van der Waals surface area contributed by atoms with Crippen LogP contribution in [-0.4, -0.2) is 19.6 Å². The predicted molar refractivity (Wildman–Crippen MR) is 42.6 cm³/mol. The van der Waals surface area contributed by atoms with Gasteiger partial charge in [-0.1, -0.05) is 0 Å². The van der Waals surface area contributed by atoms with Crippen molar-refractivity contribution in [2.24, 2.45) is 11.7 Å². The van der Waals surface area contributed by atoms with Crippen LogP contribution in [0.1, 0.15) is 19.3 Å². The van der Waals surface area contributed by atoms with E-state index in [0.29, 0.717) is 0 Å². The van der Waals surface area contributed by atoms with Crippen molar-refractivity contribution in [2.45, 2.75) is 19.3 Å². The lowest BCUT2D eigenvalue weighted by molar-refractivity contribution is 0.426. The maximum atomic E-state index is 5.40. The van der Waals surface area contributed by atoms with E-state index in [-0.39, 0.29) is 0 Å². The van der Waals surface area contributed by atoms with Crippen molar-refractivity contribution < 1.29 is 0 Å². The van der Waals surface area contributed by atoms with E-state index in [9.17, 15) is 0 Å². The molecule has 10 heavy (non-hydrogen) atoms. The summed E-state index contributed by atoms with van der Waals surface area (Å²) < 4.78 is 0. The molecule has 1 fully saturated rings. The van der Waals surface area contributed by atoms with E-state index in [4.69, 9.17) is 5.73 Å². The Morgan fingerprint density at radius 3 is 3.10 bits per heavy atom. The molecule has 0 saturated carbocycles. The third-order valence-corrected chi connectivity index (χ3v) is 1.93. The second-order valence-electron chi connectivity index (χ2n) is 2.85. The highest BCUT2D eigenvalue weighted by Gasteiger charge is 2.12. The lowest BCUT2D eigenvalue weighted by Gasteiger charge is -2.20. The van der Waals surface area contributed by atoms with Crippen LogP contribution in [0.5, 0.6) is 0 Å². The van der Waals surface area contributed by atoms with Gasteiger partial charge in [-0.25, -0.2) is 5.32 Å². The molecule has 0 aromatic heterocycles. The zero-order chi connectivity index (χ0) is 7.23. The van der Waals surface area contributed by atoms with E-state index in [1.165, 1.54) is 12.8 Å². The minimum absolute atomic E-state index is 0.734. The summed E-state index contributed by atoms with van der Waals surface area (Å²) in [4.78, 5) is 0. The van der Waals surface area contributed by atoms with Crippen molar-refractivity contribution in [3.05, 3.63) is 6.42 Å². The Kier molecular flexibility index (Phi) is 3.76. The van der Waals surface area contributed by atoms with Gasteiger partial charge in [0, 0.05) is 13.1 Å². The second-order valence-corrected chi connectivity index (χ2v) is 2.85. The van der Waals surface area contributed by atoms with Gasteiger partial charge in [-0.15, -0.1) is 0 Å². The van der Waals surface area contributed by atoms with Crippen LogP contribution in [0.15, 0.2) is 0 Å². The van der Waals surface area contributed by atoms with E-state index in [1.807, 2.05) is 0 Å². The zero-order valence-corrected chi connectivity index (χ0v) is 6.42. The fourth-order valence-electron chi connectivity index (χ4n) is 1.32. The van der Waals surface area contributed by atoms with Crippen LogP contribution >= 0.6 is 0 Å². The number of hydrogen-bond acceptors (Lipinski definition) is 1. The lowest BCUT2D eigenvalue weighted by Crippen LogP contribution is -2.25. The van der Waals surface area contributed by atoms with Crippen LogP contribution in [0.4, 0.5) is 0 Å². The van der Waals surface area contributed by atoms with Gasteiger partial charge in [-0.3, -0.25) is 0 Å². The molecule has 2 radical (unpaired) electrons. The highest BCUT2D eigenvalue weighted by Crippen LogP contribution is 2.14. The van der Waals surface area contributed by atoms with Crippen LogP contribution < -0.4 is 11.1 Å². The van der Waals surface area contributed by atoms with Crippen LogP contribution in [0.25, 0.3) is 0 Å². The molecule has 1 aliphatic heterocycles. The minimum Gasteiger partial charge on any atom is -0.330 e. The van der Waals surface area contributed by atoms with E-state index in [0.717, 1.165) is 32.0 Å². The van der Waals surface area contributed by atoms with Crippen molar-refractivity contribution in [3.8, 4) is 0 Å². The van der Waals surface area contributed by atoms with E-state index in [1.54, 1.807) is 0 Å². The number of rotatable bonds is 3. The second kappa shape index (κ2) is 4.69. The molecule has 0 aromatic carbocycles. The van der Waals surface area contributed by atoms with Gasteiger partial charge in [0.15, 0.2) is 0 Å².